The number of furan rings is 1. The molecule has 0 bridgehead atoms. The lowest BCUT2D eigenvalue weighted by Gasteiger charge is -2.24. The van der Waals surface area contributed by atoms with Crippen LogP contribution < -0.4 is 14.9 Å². The summed E-state index contributed by atoms with van der Waals surface area (Å²) in [6.07, 6.45) is 1.65. The van der Waals surface area contributed by atoms with Crippen molar-refractivity contribution in [3.63, 3.8) is 0 Å². The number of hydrogen-bond donors (Lipinski definition) is 0. The molecular weight excluding hydrogens is 528 g/mol. The first-order valence-corrected chi connectivity index (χ1v) is 12.6. The van der Waals surface area contributed by atoms with Gasteiger partial charge in [-0.15, -0.1) is 0 Å². The molecule has 0 aliphatic carbocycles. The Bertz CT molecular complexity index is 1760. The zero-order chi connectivity index (χ0) is 27.0. The molecule has 5 rings (SSSR count). The summed E-state index contributed by atoms with van der Waals surface area (Å²) in [6, 6.07) is 16.6. The van der Waals surface area contributed by atoms with Crippen molar-refractivity contribution in [2.24, 2.45) is 4.99 Å². The predicted molar refractivity (Wildman–Crippen MR) is 143 cm³/mol. The third-order valence-electron chi connectivity index (χ3n) is 6.10. The maximum Gasteiger partial charge on any atom is 0.338 e. The molecule has 10 heteroatoms. The van der Waals surface area contributed by atoms with E-state index in [0.29, 0.717) is 42.7 Å². The number of carbonyl (C=O) groups excluding carboxylic acids is 2. The molecule has 8 nitrogen and oxygen atoms in total. The fourth-order valence-corrected chi connectivity index (χ4v) is 5.41. The Hall–Kier alpha value is -4.21. The molecule has 4 aromatic rings. The normalized spacial score (nSPS) is 15.2. The van der Waals surface area contributed by atoms with Gasteiger partial charge in [-0.3, -0.25) is 9.36 Å². The molecule has 0 saturated heterocycles. The molecule has 0 saturated carbocycles. The number of nitrogens with zero attached hydrogens (tertiary/aromatic N) is 2. The summed E-state index contributed by atoms with van der Waals surface area (Å²) in [5.74, 6) is 0.0363. The molecule has 2 aromatic carbocycles. The SMILES string of the molecule is COC(=O)C1=C(C)N=c2s/c(=C\c3ccc(-c4ccc(Cl)cc4)o3)c(=O)n2[C@@H]1c1ccc(C(=O)OC)cc1. The summed E-state index contributed by atoms with van der Waals surface area (Å²) in [4.78, 5) is 43.4. The highest BCUT2D eigenvalue weighted by atomic mass is 35.5. The Labute approximate surface area is 225 Å². The fourth-order valence-electron chi connectivity index (χ4n) is 4.26. The van der Waals surface area contributed by atoms with Gasteiger partial charge in [0.15, 0.2) is 4.80 Å². The predicted octanol–water partition coefficient (Wildman–Crippen LogP) is 4.11. The van der Waals surface area contributed by atoms with Gasteiger partial charge in [0.1, 0.15) is 11.5 Å². The van der Waals surface area contributed by atoms with Gasteiger partial charge >= 0.3 is 11.9 Å². The van der Waals surface area contributed by atoms with Crippen LogP contribution in [0.2, 0.25) is 5.02 Å². The van der Waals surface area contributed by atoms with Crippen LogP contribution >= 0.6 is 22.9 Å². The molecule has 0 amide bonds. The highest BCUT2D eigenvalue weighted by Crippen LogP contribution is 2.31. The van der Waals surface area contributed by atoms with Crippen molar-refractivity contribution in [2.75, 3.05) is 14.2 Å². The summed E-state index contributed by atoms with van der Waals surface area (Å²) in [5.41, 5.74) is 2.15. The van der Waals surface area contributed by atoms with Crippen molar-refractivity contribution in [3.8, 4) is 11.3 Å². The number of fused-ring (bicyclic) bond motifs is 1. The van der Waals surface area contributed by atoms with Crippen LogP contribution in [-0.4, -0.2) is 30.7 Å². The summed E-state index contributed by atoms with van der Waals surface area (Å²) < 4.78 is 17.6. The number of esters is 2. The summed E-state index contributed by atoms with van der Waals surface area (Å²) >= 11 is 7.17. The first kappa shape index (κ1) is 25.4. The van der Waals surface area contributed by atoms with Crippen LogP contribution in [0.1, 0.15) is 34.6 Å². The van der Waals surface area contributed by atoms with Crippen LogP contribution in [0, 0.1) is 0 Å². The van der Waals surface area contributed by atoms with E-state index in [4.69, 9.17) is 25.5 Å². The number of thiazole rings is 1. The van der Waals surface area contributed by atoms with Crippen LogP contribution in [0.15, 0.2) is 86.1 Å². The van der Waals surface area contributed by atoms with Crippen molar-refractivity contribution in [3.05, 3.63) is 114 Å². The minimum absolute atomic E-state index is 0.236. The number of halogens is 1. The lowest BCUT2D eigenvalue weighted by molar-refractivity contribution is -0.136. The largest absolute Gasteiger partial charge is 0.466 e. The van der Waals surface area contributed by atoms with Crippen LogP contribution in [0.25, 0.3) is 17.4 Å². The average Bonchev–Trinajstić information content (AvgIpc) is 3.51. The van der Waals surface area contributed by atoms with E-state index in [1.165, 1.54) is 30.1 Å². The number of allylic oxidation sites excluding steroid dienone is 1. The van der Waals surface area contributed by atoms with Gasteiger partial charge in [-0.2, -0.15) is 0 Å². The van der Waals surface area contributed by atoms with Crippen molar-refractivity contribution >= 4 is 41.0 Å². The molecule has 1 atom stereocenters. The van der Waals surface area contributed by atoms with E-state index in [1.54, 1.807) is 55.5 Å². The van der Waals surface area contributed by atoms with E-state index >= 15 is 0 Å². The van der Waals surface area contributed by atoms with E-state index in [0.717, 1.165) is 5.56 Å². The van der Waals surface area contributed by atoms with Crippen LogP contribution in [-0.2, 0) is 14.3 Å². The molecule has 3 heterocycles. The van der Waals surface area contributed by atoms with Crippen LogP contribution in [0.3, 0.4) is 0 Å². The van der Waals surface area contributed by atoms with Gasteiger partial charge in [0.05, 0.1) is 41.6 Å². The minimum atomic E-state index is -0.797. The maximum absolute atomic E-state index is 13.7. The summed E-state index contributed by atoms with van der Waals surface area (Å²) in [7, 11) is 2.58. The number of rotatable bonds is 5. The number of hydrogen-bond acceptors (Lipinski definition) is 8. The van der Waals surface area contributed by atoms with Crippen molar-refractivity contribution in [1.29, 1.82) is 0 Å². The molecule has 192 valence electrons. The van der Waals surface area contributed by atoms with Gasteiger partial charge in [0, 0.05) is 16.7 Å². The van der Waals surface area contributed by atoms with Gasteiger partial charge in [-0.05, 0) is 61.0 Å². The number of ether oxygens (including phenoxy) is 2. The molecule has 0 radical (unpaired) electrons. The smallest absolute Gasteiger partial charge is 0.338 e. The number of benzene rings is 2. The first-order valence-electron chi connectivity index (χ1n) is 11.5. The fraction of sp³-hybridized carbons (Fsp3) is 0.143. The third kappa shape index (κ3) is 4.62. The Kier molecular flexibility index (Phi) is 6.88. The molecule has 0 fully saturated rings. The number of aromatic nitrogens is 1. The minimum Gasteiger partial charge on any atom is -0.466 e. The molecule has 0 N–H and O–H groups in total. The van der Waals surface area contributed by atoms with Crippen LogP contribution in [0.4, 0.5) is 0 Å². The van der Waals surface area contributed by atoms with E-state index < -0.39 is 18.0 Å². The van der Waals surface area contributed by atoms with Gasteiger partial charge in [0.2, 0.25) is 0 Å². The second kappa shape index (κ2) is 10.3. The van der Waals surface area contributed by atoms with E-state index in [2.05, 4.69) is 4.99 Å². The second-order valence-corrected chi connectivity index (χ2v) is 9.84. The lowest BCUT2D eigenvalue weighted by atomic mass is 9.95. The van der Waals surface area contributed by atoms with E-state index in [1.807, 2.05) is 18.2 Å². The van der Waals surface area contributed by atoms with Gasteiger partial charge in [-0.1, -0.05) is 35.1 Å². The Morgan fingerprint density at radius 3 is 2.34 bits per heavy atom. The van der Waals surface area contributed by atoms with Gasteiger partial charge in [0.25, 0.3) is 5.56 Å². The molecule has 0 unspecified atom stereocenters. The maximum atomic E-state index is 13.7. The second-order valence-electron chi connectivity index (χ2n) is 8.40. The van der Waals surface area contributed by atoms with Gasteiger partial charge in [-0.25, -0.2) is 14.6 Å². The quantitative estimate of drug-likeness (QED) is 0.348. The standard InChI is InChI=1S/C28H21ClN2O6S/c1-15-23(27(34)36-3)24(17-4-6-18(7-5-17)26(33)35-2)31-25(32)22(38-28(31)30-15)14-20-12-13-21(37-20)16-8-10-19(29)11-9-16/h4-14,24H,1-3H3/b22-14-/t24-/m1/s1. The third-order valence-corrected chi connectivity index (χ3v) is 7.34. The Morgan fingerprint density at radius 2 is 1.68 bits per heavy atom. The zero-order valence-electron chi connectivity index (χ0n) is 20.6. The van der Waals surface area contributed by atoms with Gasteiger partial charge < -0.3 is 13.9 Å². The molecule has 1 aliphatic heterocycles. The van der Waals surface area contributed by atoms with E-state index in [-0.39, 0.29) is 11.1 Å². The Morgan fingerprint density at radius 1 is 1.00 bits per heavy atom. The molecule has 38 heavy (non-hydrogen) atoms. The lowest BCUT2D eigenvalue weighted by Crippen LogP contribution is -2.39. The van der Waals surface area contributed by atoms with E-state index in [9.17, 15) is 14.4 Å². The topological polar surface area (TPSA) is 100 Å². The first-order chi connectivity index (χ1) is 18.3. The summed E-state index contributed by atoms with van der Waals surface area (Å²) in [6.45, 7) is 1.70. The zero-order valence-corrected chi connectivity index (χ0v) is 22.1. The van der Waals surface area contributed by atoms with Crippen molar-refractivity contribution in [2.45, 2.75) is 13.0 Å². The molecule has 0 spiro atoms. The highest BCUT2D eigenvalue weighted by molar-refractivity contribution is 7.07. The van der Waals surface area contributed by atoms with Crippen molar-refractivity contribution < 1.29 is 23.5 Å². The van der Waals surface area contributed by atoms with Crippen molar-refractivity contribution in [1.82, 2.24) is 4.57 Å². The number of methoxy groups -OCH3 is 2. The monoisotopic (exact) mass is 548 g/mol. The molecule has 1 aliphatic rings. The van der Waals surface area contributed by atoms with Crippen LogP contribution in [0.5, 0.6) is 0 Å². The Balaban J connectivity index is 1.62. The average molecular weight is 549 g/mol. The molecule has 2 aromatic heterocycles. The highest BCUT2D eigenvalue weighted by Gasteiger charge is 2.33. The number of carbonyl (C=O) groups is 2. The summed E-state index contributed by atoms with van der Waals surface area (Å²) in [5, 5.41) is 0.623. The molecular formula is C28H21ClN2O6S.